The summed E-state index contributed by atoms with van der Waals surface area (Å²) in [6, 6.07) is 2.35. The number of nitrogens with zero attached hydrogens (tertiary/aromatic N) is 4. The normalized spacial score (nSPS) is 22.2. The topological polar surface area (TPSA) is 50.6 Å². The van der Waals surface area contributed by atoms with Crippen LogP contribution in [-0.4, -0.2) is 70.9 Å². The molecule has 2 fully saturated rings. The second kappa shape index (κ2) is 9.00. The van der Waals surface area contributed by atoms with Gasteiger partial charge in [-0.2, -0.15) is 5.10 Å². The Bertz CT molecular complexity index is 593. The van der Waals surface area contributed by atoms with Crippen molar-refractivity contribution in [3.8, 4) is 0 Å². The van der Waals surface area contributed by atoms with Crippen LogP contribution < -0.4 is 0 Å². The van der Waals surface area contributed by atoms with E-state index in [0.717, 1.165) is 76.5 Å². The summed E-state index contributed by atoms with van der Waals surface area (Å²) in [7, 11) is 1.89. The predicted molar refractivity (Wildman–Crippen MR) is 102 cm³/mol. The Morgan fingerprint density at radius 2 is 2.04 bits per heavy atom. The van der Waals surface area contributed by atoms with Gasteiger partial charge in [0.2, 0.25) is 0 Å². The lowest BCUT2D eigenvalue weighted by Crippen LogP contribution is -2.46. The highest BCUT2D eigenvalue weighted by molar-refractivity contribution is 5.93. The highest BCUT2D eigenvalue weighted by Gasteiger charge is 2.29. The zero-order valence-electron chi connectivity index (χ0n) is 16.6. The molecule has 0 unspecified atom stereocenters. The molecule has 146 valence electrons. The Morgan fingerprint density at radius 1 is 1.27 bits per heavy atom. The van der Waals surface area contributed by atoms with Crippen molar-refractivity contribution in [2.24, 2.45) is 13.0 Å². The second-order valence-electron chi connectivity index (χ2n) is 8.13. The molecule has 6 nitrogen and oxygen atoms in total. The van der Waals surface area contributed by atoms with Crippen LogP contribution in [0.3, 0.4) is 0 Å². The Labute approximate surface area is 157 Å². The van der Waals surface area contributed by atoms with Crippen LogP contribution in [0.2, 0.25) is 0 Å². The van der Waals surface area contributed by atoms with Crippen LogP contribution >= 0.6 is 0 Å². The molecule has 0 spiro atoms. The number of rotatable bonds is 6. The van der Waals surface area contributed by atoms with E-state index in [-0.39, 0.29) is 5.91 Å². The molecule has 0 N–H and O–H groups in total. The van der Waals surface area contributed by atoms with Gasteiger partial charge in [-0.05, 0) is 44.1 Å². The van der Waals surface area contributed by atoms with Crippen LogP contribution in [0.1, 0.15) is 55.7 Å². The monoisotopic (exact) mass is 362 g/mol. The van der Waals surface area contributed by atoms with E-state index in [1.807, 2.05) is 13.1 Å². The maximum absolute atomic E-state index is 13.2. The third kappa shape index (κ3) is 4.86. The summed E-state index contributed by atoms with van der Waals surface area (Å²) < 4.78 is 7.21. The molecule has 3 rings (SSSR count). The van der Waals surface area contributed by atoms with Gasteiger partial charge in [0.05, 0.1) is 18.9 Å². The van der Waals surface area contributed by atoms with E-state index in [0.29, 0.717) is 12.0 Å². The highest BCUT2D eigenvalue weighted by Crippen LogP contribution is 2.23. The summed E-state index contributed by atoms with van der Waals surface area (Å²) in [4.78, 5) is 17.8. The van der Waals surface area contributed by atoms with Crippen molar-refractivity contribution in [2.75, 3.05) is 39.4 Å². The SMILES string of the molecule is CC(C)Cc1cc(C(=O)N2CCCC[C@H]2CCN2CCOCC2)n(C)n1. The number of ether oxygens (including phenoxy) is 1. The molecule has 2 aliphatic heterocycles. The van der Waals surface area contributed by atoms with Gasteiger partial charge in [-0.1, -0.05) is 13.8 Å². The number of morpholine rings is 1. The van der Waals surface area contributed by atoms with E-state index < -0.39 is 0 Å². The molecule has 2 aliphatic rings. The number of carbonyl (C=O) groups excluding carboxylic acids is 1. The molecule has 26 heavy (non-hydrogen) atoms. The Kier molecular flexibility index (Phi) is 6.70. The van der Waals surface area contributed by atoms with Gasteiger partial charge in [0.1, 0.15) is 5.69 Å². The van der Waals surface area contributed by atoms with Crippen LogP contribution in [-0.2, 0) is 18.2 Å². The van der Waals surface area contributed by atoms with Crippen LogP contribution in [0.5, 0.6) is 0 Å². The minimum Gasteiger partial charge on any atom is -0.379 e. The zero-order valence-corrected chi connectivity index (χ0v) is 16.6. The number of aryl methyl sites for hydroxylation is 1. The molecule has 2 saturated heterocycles. The fourth-order valence-electron chi connectivity index (χ4n) is 4.12. The smallest absolute Gasteiger partial charge is 0.272 e. The quantitative estimate of drug-likeness (QED) is 0.779. The fourth-order valence-corrected chi connectivity index (χ4v) is 4.12. The van der Waals surface area contributed by atoms with E-state index in [1.54, 1.807) is 4.68 Å². The number of aromatic nitrogens is 2. The predicted octanol–water partition coefficient (Wildman–Crippen LogP) is 2.34. The molecule has 3 heterocycles. The number of hydrogen-bond acceptors (Lipinski definition) is 4. The molecular weight excluding hydrogens is 328 g/mol. The highest BCUT2D eigenvalue weighted by atomic mass is 16.5. The summed E-state index contributed by atoms with van der Waals surface area (Å²) in [6.45, 7) is 9.99. The summed E-state index contributed by atoms with van der Waals surface area (Å²) in [5.74, 6) is 0.700. The van der Waals surface area contributed by atoms with Crippen molar-refractivity contribution < 1.29 is 9.53 Å². The van der Waals surface area contributed by atoms with Gasteiger partial charge in [-0.25, -0.2) is 0 Å². The maximum Gasteiger partial charge on any atom is 0.272 e. The third-order valence-corrected chi connectivity index (χ3v) is 5.54. The first-order valence-electron chi connectivity index (χ1n) is 10.2. The van der Waals surface area contributed by atoms with Crippen LogP contribution in [0.25, 0.3) is 0 Å². The lowest BCUT2D eigenvalue weighted by molar-refractivity contribution is 0.0294. The van der Waals surface area contributed by atoms with Gasteiger partial charge in [0.25, 0.3) is 5.91 Å². The first kappa shape index (κ1) is 19.4. The zero-order chi connectivity index (χ0) is 18.5. The number of hydrogen-bond donors (Lipinski definition) is 0. The average Bonchev–Trinajstić information content (AvgIpc) is 3.00. The minimum atomic E-state index is 0.154. The summed E-state index contributed by atoms with van der Waals surface area (Å²) >= 11 is 0. The second-order valence-corrected chi connectivity index (χ2v) is 8.13. The molecule has 6 heteroatoms. The lowest BCUT2D eigenvalue weighted by atomic mass is 9.98. The fraction of sp³-hybridized carbons (Fsp3) is 0.800. The molecule has 0 saturated carbocycles. The van der Waals surface area contributed by atoms with E-state index in [9.17, 15) is 4.79 Å². The first-order chi connectivity index (χ1) is 12.5. The van der Waals surface area contributed by atoms with Crippen LogP contribution in [0.4, 0.5) is 0 Å². The maximum atomic E-state index is 13.2. The number of likely N-dealkylation sites (tertiary alicyclic amines) is 1. The molecule has 0 aromatic carbocycles. The van der Waals surface area contributed by atoms with Gasteiger partial charge in [0.15, 0.2) is 0 Å². The number of carbonyl (C=O) groups is 1. The molecule has 1 amide bonds. The van der Waals surface area contributed by atoms with Crippen molar-refractivity contribution in [3.05, 3.63) is 17.5 Å². The van der Waals surface area contributed by atoms with Gasteiger partial charge in [-0.15, -0.1) is 0 Å². The van der Waals surface area contributed by atoms with E-state index in [2.05, 4.69) is 28.7 Å². The summed E-state index contributed by atoms with van der Waals surface area (Å²) in [5.41, 5.74) is 1.76. The average molecular weight is 363 g/mol. The molecular formula is C20H34N4O2. The molecule has 1 atom stereocenters. The van der Waals surface area contributed by atoms with Crippen LogP contribution in [0.15, 0.2) is 6.07 Å². The van der Waals surface area contributed by atoms with Gasteiger partial charge in [-0.3, -0.25) is 14.4 Å². The Morgan fingerprint density at radius 3 is 2.77 bits per heavy atom. The van der Waals surface area contributed by atoms with Crippen molar-refractivity contribution in [1.82, 2.24) is 19.6 Å². The molecule has 0 bridgehead atoms. The van der Waals surface area contributed by atoms with Gasteiger partial charge in [0, 0.05) is 39.3 Å². The van der Waals surface area contributed by atoms with Crippen molar-refractivity contribution >= 4 is 5.91 Å². The van der Waals surface area contributed by atoms with Crippen molar-refractivity contribution in [1.29, 1.82) is 0 Å². The molecule has 0 radical (unpaired) electrons. The third-order valence-electron chi connectivity index (χ3n) is 5.54. The number of piperidine rings is 1. The summed E-state index contributed by atoms with van der Waals surface area (Å²) in [5, 5.41) is 4.56. The molecule has 1 aromatic rings. The molecule has 0 aliphatic carbocycles. The van der Waals surface area contributed by atoms with Gasteiger partial charge < -0.3 is 9.64 Å². The first-order valence-corrected chi connectivity index (χ1v) is 10.2. The summed E-state index contributed by atoms with van der Waals surface area (Å²) in [6.07, 6.45) is 5.43. The standard InChI is InChI=1S/C20H34N4O2/c1-16(2)14-17-15-19(22(3)21-17)20(25)24-8-5-4-6-18(24)7-9-23-10-12-26-13-11-23/h15-16,18H,4-14H2,1-3H3/t18-/m0/s1. The van der Waals surface area contributed by atoms with Crippen LogP contribution in [0, 0.1) is 5.92 Å². The minimum absolute atomic E-state index is 0.154. The number of amides is 1. The van der Waals surface area contributed by atoms with Gasteiger partial charge >= 0.3 is 0 Å². The Hall–Kier alpha value is -1.40. The largest absolute Gasteiger partial charge is 0.379 e. The van der Waals surface area contributed by atoms with Crippen molar-refractivity contribution in [2.45, 2.75) is 52.0 Å². The Balaban J connectivity index is 1.64. The van der Waals surface area contributed by atoms with Crippen molar-refractivity contribution in [3.63, 3.8) is 0 Å². The lowest BCUT2D eigenvalue weighted by Gasteiger charge is -2.37. The molecule has 1 aromatic heterocycles. The van der Waals surface area contributed by atoms with E-state index >= 15 is 0 Å². The van der Waals surface area contributed by atoms with E-state index in [4.69, 9.17) is 4.74 Å². The van der Waals surface area contributed by atoms with E-state index in [1.165, 1.54) is 6.42 Å².